The van der Waals surface area contributed by atoms with Gasteiger partial charge in [-0.2, -0.15) is 0 Å². The molecule has 1 aliphatic rings. The fourth-order valence-corrected chi connectivity index (χ4v) is 2.97. The van der Waals surface area contributed by atoms with Crippen LogP contribution >= 0.6 is 0 Å². The molecule has 2 unspecified atom stereocenters. The number of carbonyl (C=O) groups is 1. The van der Waals surface area contributed by atoms with Crippen LogP contribution in [0.1, 0.15) is 31.4 Å². The molecule has 2 atom stereocenters. The van der Waals surface area contributed by atoms with Crippen LogP contribution in [-0.2, 0) is 0 Å². The lowest BCUT2D eigenvalue weighted by atomic mass is 9.98. The van der Waals surface area contributed by atoms with E-state index < -0.39 is 0 Å². The number of aliphatic hydroxyl groups excluding tert-OH is 1. The van der Waals surface area contributed by atoms with E-state index in [1.807, 2.05) is 30.3 Å². The highest BCUT2D eigenvalue weighted by molar-refractivity contribution is 5.74. The molecule has 0 bridgehead atoms. The molecule has 2 amide bonds. The molecule has 22 heavy (non-hydrogen) atoms. The minimum Gasteiger partial charge on any atom is -0.394 e. The Morgan fingerprint density at radius 1 is 1.41 bits per heavy atom. The number of amides is 2. The van der Waals surface area contributed by atoms with Crippen molar-refractivity contribution in [1.82, 2.24) is 15.5 Å². The number of rotatable bonds is 6. The first kappa shape index (κ1) is 16.8. The number of urea groups is 1. The number of hydrogen-bond acceptors (Lipinski definition) is 3. The number of hydrogen-bond donors (Lipinski definition) is 3. The monoisotopic (exact) mass is 305 g/mol. The van der Waals surface area contributed by atoms with Gasteiger partial charge in [-0.15, -0.1) is 0 Å². The molecule has 0 saturated carbocycles. The summed E-state index contributed by atoms with van der Waals surface area (Å²) in [7, 11) is 0. The van der Waals surface area contributed by atoms with Crippen molar-refractivity contribution in [3.05, 3.63) is 35.9 Å². The SMILES string of the molecule is CCN1CCCC(CNC(=O)NC(CO)c2ccccc2)C1. The second-order valence-corrected chi connectivity index (χ2v) is 5.90. The third-order valence-electron chi connectivity index (χ3n) is 4.29. The van der Waals surface area contributed by atoms with Gasteiger partial charge in [0.25, 0.3) is 0 Å². The maximum atomic E-state index is 12.0. The van der Waals surface area contributed by atoms with Gasteiger partial charge >= 0.3 is 6.03 Å². The van der Waals surface area contributed by atoms with Gasteiger partial charge in [0.15, 0.2) is 0 Å². The normalized spacial score (nSPS) is 20.4. The minimum atomic E-state index is -0.361. The van der Waals surface area contributed by atoms with Crippen molar-refractivity contribution in [2.45, 2.75) is 25.8 Å². The molecule has 1 aromatic carbocycles. The molecule has 1 heterocycles. The van der Waals surface area contributed by atoms with Crippen LogP contribution in [0.2, 0.25) is 0 Å². The van der Waals surface area contributed by atoms with E-state index in [1.165, 1.54) is 19.4 Å². The summed E-state index contributed by atoms with van der Waals surface area (Å²) in [6.07, 6.45) is 2.37. The Morgan fingerprint density at radius 2 is 2.18 bits per heavy atom. The topological polar surface area (TPSA) is 64.6 Å². The second-order valence-electron chi connectivity index (χ2n) is 5.90. The van der Waals surface area contributed by atoms with E-state index in [2.05, 4.69) is 22.5 Å². The summed E-state index contributed by atoms with van der Waals surface area (Å²) in [6.45, 7) is 6.05. The molecule has 1 aromatic rings. The molecule has 1 saturated heterocycles. The third-order valence-corrected chi connectivity index (χ3v) is 4.29. The summed E-state index contributed by atoms with van der Waals surface area (Å²) >= 11 is 0. The van der Waals surface area contributed by atoms with E-state index in [-0.39, 0.29) is 18.7 Å². The summed E-state index contributed by atoms with van der Waals surface area (Å²) in [4.78, 5) is 14.5. The highest BCUT2D eigenvalue weighted by Gasteiger charge is 2.20. The molecule has 2 rings (SSSR count). The molecule has 5 heteroatoms. The molecular weight excluding hydrogens is 278 g/mol. The number of benzene rings is 1. The lowest BCUT2D eigenvalue weighted by Crippen LogP contribution is -2.44. The van der Waals surface area contributed by atoms with Gasteiger partial charge in [0.05, 0.1) is 12.6 Å². The predicted octanol–water partition coefficient (Wildman–Crippen LogP) is 1.75. The summed E-state index contributed by atoms with van der Waals surface area (Å²) in [6, 6.07) is 8.96. The number of carbonyl (C=O) groups excluding carboxylic acids is 1. The molecule has 0 aliphatic carbocycles. The molecular formula is C17H27N3O2. The van der Waals surface area contributed by atoms with E-state index in [1.54, 1.807) is 0 Å². The Hall–Kier alpha value is -1.59. The Morgan fingerprint density at radius 3 is 2.86 bits per heavy atom. The maximum absolute atomic E-state index is 12.0. The molecule has 3 N–H and O–H groups in total. The van der Waals surface area contributed by atoms with Crippen LogP contribution in [0, 0.1) is 5.92 Å². The average Bonchev–Trinajstić information content (AvgIpc) is 2.58. The smallest absolute Gasteiger partial charge is 0.315 e. The minimum absolute atomic E-state index is 0.107. The number of nitrogens with one attached hydrogen (secondary N) is 2. The lowest BCUT2D eigenvalue weighted by Gasteiger charge is -2.32. The van der Waals surface area contributed by atoms with Crippen molar-refractivity contribution in [3.8, 4) is 0 Å². The zero-order valence-corrected chi connectivity index (χ0v) is 13.3. The highest BCUT2D eigenvalue weighted by atomic mass is 16.3. The van der Waals surface area contributed by atoms with E-state index >= 15 is 0 Å². The Balaban J connectivity index is 1.77. The van der Waals surface area contributed by atoms with E-state index in [9.17, 15) is 9.90 Å². The summed E-state index contributed by atoms with van der Waals surface area (Å²) in [5.41, 5.74) is 0.912. The van der Waals surface area contributed by atoms with Crippen LogP contribution in [0.5, 0.6) is 0 Å². The number of nitrogens with zero attached hydrogens (tertiary/aromatic N) is 1. The summed E-state index contributed by atoms with van der Waals surface area (Å²) < 4.78 is 0. The standard InChI is InChI=1S/C17H27N3O2/c1-2-20-10-6-7-14(12-20)11-18-17(22)19-16(13-21)15-8-4-3-5-9-15/h3-5,8-9,14,16,21H,2,6-7,10-13H2,1H3,(H2,18,19,22). The third kappa shape index (κ3) is 5.00. The Kier molecular flexibility index (Phi) is 6.68. The summed E-state index contributed by atoms with van der Waals surface area (Å²) in [5, 5.41) is 15.2. The fraction of sp³-hybridized carbons (Fsp3) is 0.588. The zero-order valence-electron chi connectivity index (χ0n) is 13.3. The average molecular weight is 305 g/mol. The van der Waals surface area contributed by atoms with E-state index in [0.29, 0.717) is 12.5 Å². The van der Waals surface area contributed by atoms with Gasteiger partial charge < -0.3 is 20.6 Å². The fourth-order valence-electron chi connectivity index (χ4n) is 2.97. The van der Waals surface area contributed by atoms with E-state index in [4.69, 9.17) is 0 Å². The van der Waals surface area contributed by atoms with Gasteiger partial charge in [-0.1, -0.05) is 37.3 Å². The molecule has 5 nitrogen and oxygen atoms in total. The number of piperidine rings is 1. The van der Waals surface area contributed by atoms with Crippen molar-refractivity contribution in [2.75, 3.05) is 32.8 Å². The number of aliphatic hydroxyl groups is 1. The van der Waals surface area contributed by atoms with Crippen molar-refractivity contribution >= 4 is 6.03 Å². The van der Waals surface area contributed by atoms with Gasteiger partial charge in [0.2, 0.25) is 0 Å². The quantitative estimate of drug-likeness (QED) is 0.750. The highest BCUT2D eigenvalue weighted by Crippen LogP contribution is 2.15. The van der Waals surface area contributed by atoms with Crippen LogP contribution in [0.15, 0.2) is 30.3 Å². The van der Waals surface area contributed by atoms with Crippen molar-refractivity contribution < 1.29 is 9.90 Å². The van der Waals surface area contributed by atoms with Crippen molar-refractivity contribution in [3.63, 3.8) is 0 Å². The van der Waals surface area contributed by atoms with Crippen LogP contribution in [0.4, 0.5) is 4.79 Å². The maximum Gasteiger partial charge on any atom is 0.315 e. The largest absolute Gasteiger partial charge is 0.394 e. The van der Waals surface area contributed by atoms with Crippen LogP contribution in [-0.4, -0.2) is 48.8 Å². The van der Waals surface area contributed by atoms with Gasteiger partial charge in [0, 0.05) is 13.1 Å². The molecule has 1 aliphatic heterocycles. The molecule has 0 aromatic heterocycles. The first-order valence-corrected chi connectivity index (χ1v) is 8.15. The van der Waals surface area contributed by atoms with Crippen LogP contribution in [0.3, 0.4) is 0 Å². The first-order valence-electron chi connectivity index (χ1n) is 8.15. The lowest BCUT2D eigenvalue weighted by molar-refractivity contribution is 0.177. The van der Waals surface area contributed by atoms with Crippen LogP contribution in [0.25, 0.3) is 0 Å². The summed E-state index contributed by atoms with van der Waals surface area (Å²) in [5.74, 6) is 0.517. The molecule has 122 valence electrons. The van der Waals surface area contributed by atoms with Crippen LogP contribution < -0.4 is 10.6 Å². The van der Waals surface area contributed by atoms with Crippen molar-refractivity contribution in [2.24, 2.45) is 5.92 Å². The Bertz CT molecular complexity index is 452. The Labute approximate surface area is 132 Å². The van der Waals surface area contributed by atoms with Gasteiger partial charge in [-0.05, 0) is 37.4 Å². The molecule has 1 fully saturated rings. The first-order chi connectivity index (χ1) is 10.7. The molecule has 0 spiro atoms. The number of likely N-dealkylation sites (tertiary alicyclic amines) is 1. The zero-order chi connectivity index (χ0) is 15.8. The molecule has 0 radical (unpaired) electrons. The van der Waals surface area contributed by atoms with Gasteiger partial charge in [-0.25, -0.2) is 4.79 Å². The predicted molar refractivity (Wildman–Crippen MR) is 87.6 cm³/mol. The van der Waals surface area contributed by atoms with Gasteiger partial charge in [0.1, 0.15) is 0 Å². The van der Waals surface area contributed by atoms with Crippen molar-refractivity contribution in [1.29, 1.82) is 0 Å². The van der Waals surface area contributed by atoms with Gasteiger partial charge in [-0.3, -0.25) is 0 Å². The second kappa shape index (κ2) is 8.76. The van der Waals surface area contributed by atoms with E-state index in [0.717, 1.165) is 18.7 Å².